The van der Waals surface area contributed by atoms with Crippen LogP contribution in [0, 0.1) is 19.7 Å². The predicted octanol–water partition coefficient (Wildman–Crippen LogP) is 3.88. The van der Waals surface area contributed by atoms with Crippen LogP contribution in [0.15, 0.2) is 36.4 Å². The molecule has 0 radical (unpaired) electrons. The zero-order valence-electron chi connectivity index (χ0n) is 14.8. The van der Waals surface area contributed by atoms with E-state index in [1.807, 2.05) is 23.6 Å². The number of nitrogens with one attached hydrogen (secondary N) is 1. The summed E-state index contributed by atoms with van der Waals surface area (Å²) in [6.07, 6.45) is 0. The Morgan fingerprint density at radius 2 is 1.65 bits per heavy atom. The Balaban J connectivity index is 1.73. The molecule has 1 saturated heterocycles. The zero-order chi connectivity index (χ0) is 18.7. The van der Waals surface area contributed by atoms with Crippen LogP contribution in [-0.4, -0.2) is 41.3 Å². The van der Waals surface area contributed by atoms with Crippen LogP contribution in [0.1, 0.15) is 31.8 Å². The molecule has 0 atom stereocenters. The molecule has 0 saturated carbocycles. The highest BCUT2D eigenvalue weighted by Crippen LogP contribution is 2.20. The van der Waals surface area contributed by atoms with Crippen molar-refractivity contribution in [3.05, 3.63) is 64.5 Å². The zero-order valence-corrected chi connectivity index (χ0v) is 15.7. The number of nitrogens with zero attached hydrogens (tertiary/aromatic N) is 1. The first-order valence-corrected chi connectivity index (χ1v) is 9.66. The minimum absolute atomic E-state index is 0.0282. The molecule has 1 N–H and O–H groups in total. The smallest absolute Gasteiger partial charge is 0.255 e. The van der Waals surface area contributed by atoms with Gasteiger partial charge in [-0.2, -0.15) is 11.8 Å². The minimum atomic E-state index is -0.336. The normalized spacial score (nSPS) is 14.2. The molecule has 0 spiro atoms. The molecule has 0 aliphatic carbocycles. The summed E-state index contributed by atoms with van der Waals surface area (Å²) in [7, 11) is 0. The van der Waals surface area contributed by atoms with Gasteiger partial charge in [-0.15, -0.1) is 0 Å². The van der Waals surface area contributed by atoms with Crippen molar-refractivity contribution in [3.63, 3.8) is 0 Å². The summed E-state index contributed by atoms with van der Waals surface area (Å²) in [6.45, 7) is 5.02. The molecule has 2 aromatic rings. The third-order valence-corrected chi connectivity index (χ3v) is 5.38. The number of carbonyl (C=O) groups is 2. The molecule has 2 amide bonds. The number of halogens is 1. The standard InChI is InChI=1S/C20H21FN2O2S/c1-13-11-15(3-5-17(13)21)19(24)22-18-6-4-16(12-14(18)2)20(25)23-7-9-26-10-8-23/h3-6,11-12H,7-10H2,1-2H3,(H,22,24). The average Bonchev–Trinajstić information content (AvgIpc) is 2.65. The highest BCUT2D eigenvalue weighted by molar-refractivity contribution is 7.99. The molecule has 1 aliphatic rings. The van der Waals surface area contributed by atoms with Crippen LogP contribution in [0.5, 0.6) is 0 Å². The van der Waals surface area contributed by atoms with Crippen molar-refractivity contribution < 1.29 is 14.0 Å². The summed E-state index contributed by atoms with van der Waals surface area (Å²) in [6, 6.07) is 9.55. The SMILES string of the molecule is Cc1cc(C(=O)Nc2ccc(C(=O)N3CCSCC3)cc2C)ccc1F. The lowest BCUT2D eigenvalue weighted by Crippen LogP contribution is -2.37. The minimum Gasteiger partial charge on any atom is -0.337 e. The molecular weight excluding hydrogens is 351 g/mol. The van der Waals surface area contributed by atoms with E-state index in [9.17, 15) is 14.0 Å². The Labute approximate surface area is 156 Å². The third kappa shape index (κ3) is 4.07. The molecule has 0 aromatic heterocycles. The largest absolute Gasteiger partial charge is 0.337 e. The first-order chi connectivity index (χ1) is 12.5. The Bertz CT molecular complexity index is 848. The van der Waals surface area contributed by atoms with Gasteiger partial charge in [0, 0.05) is 41.4 Å². The van der Waals surface area contributed by atoms with E-state index in [1.54, 1.807) is 25.1 Å². The summed E-state index contributed by atoms with van der Waals surface area (Å²) < 4.78 is 13.4. The summed E-state index contributed by atoms with van der Waals surface area (Å²) in [4.78, 5) is 26.8. The van der Waals surface area contributed by atoms with Gasteiger partial charge in [0.25, 0.3) is 11.8 Å². The van der Waals surface area contributed by atoms with Gasteiger partial charge in [-0.3, -0.25) is 9.59 Å². The average molecular weight is 372 g/mol. The molecule has 2 aromatic carbocycles. The topological polar surface area (TPSA) is 49.4 Å². The maximum Gasteiger partial charge on any atom is 0.255 e. The first-order valence-electron chi connectivity index (χ1n) is 8.51. The highest BCUT2D eigenvalue weighted by Gasteiger charge is 2.19. The Morgan fingerprint density at radius 3 is 2.31 bits per heavy atom. The van der Waals surface area contributed by atoms with Gasteiger partial charge < -0.3 is 10.2 Å². The Morgan fingerprint density at radius 1 is 1.00 bits per heavy atom. The second-order valence-corrected chi connectivity index (χ2v) is 7.58. The summed E-state index contributed by atoms with van der Waals surface area (Å²) in [5.41, 5.74) is 2.91. The van der Waals surface area contributed by atoms with Gasteiger partial charge in [0.05, 0.1) is 0 Å². The third-order valence-electron chi connectivity index (χ3n) is 4.44. The lowest BCUT2D eigenvalue weighted by atomic mass is 10.1. The number of carbonyl (C=O) groups excluding carboxylic acids is 2. The molecule has 1 aliphatic heterocycles. The molecule has 1 heterocycles. The van der Waals surface area contributed by atoms with E-state index >= 15 is 0 Å². The number of hydrogen-bond donors (Lipinski definition) is 1. The lowest BCUT2D eigenvalue weighted by molar-refractivity contribution is 0.0772. The fourth-order valence-corrected chi connectivity index (χ4v) is 3.77. The second-order valence-electron chi connectivity index (χ2n) is 6.35. The van der Waals surface area contributed by atoms with Gasteiger partial charge in [-0.1, -0.05) is 0 Å². The fraction of sp³-hybridized carbons (Fsp3) is 0.300. The molecule has 0 bridgehead atoms. The van der Waals surface area contributed by atoms with Gasteiger partial charge >= 0.3 is 0 Å². The van der Waals surface area contributed by atoms with Gasteiger partial charge in [0.15, 0.2) is 0 Å². The van der Waals surface area contributed by atoms with Crippen LogP contribution in [0.25, 0.3) is 0 Å². The summed E-state index contributed by atoms with van der Waals surface area (Å²) in [5.74, 6) is 1.33. The van der Waals surface area contributed by atoms with Crippen molar-refractivity contribution in [3.8, 4) is 0 Å². The van der Waals surface area contributed by atoms with Crippen LogP contribution < -0.4 is 5.32 Å². The number of thioether (sulfide) groups is 1. The molecule has 3 rings (SSSR count). The van der Waals surface area contributed by atoms with E-state index in [0.717, 1.165) is 30.2 Å². The van der Waals surface area contributed by atoms with Crippen molar-refractivity contribution in [2.24, 2.45) is 0 Å². The Kier molecular flexibility index (Phi) is 5.61. The molecule has 136 valence electrons. The monoisotopic (exact) mass is 372 g/mol. The van der Waals surface area contributed by atoms with Crippen molar-refractivity contribution in [1.82, 2.24) is 4.90 Å². The summed E-state index contributed by atoms with van der Waals surface area (Å²) in [5, 5.41) is 2.83. The van der Waals surface area contributed by atoms with Gasteiger partial charge in [-0.05, 0) is 61.4 Å². The number of rotatable bonds is 3. The quantitative estimate of drug-likeness (QED) is 0.889. The summed E-state index contributed by atoms with van der Waals surface area (Å²) >= 11 is 1.86. The van der Waals surface area contributed by atoms with Crippen LogP contribution in [0.3, 0.4) is 0 Å². The number of hydrogen-bond acceptors (Lipinski definition) is 3. The lowest BCUT2D eigenvalue weighted by Gasteiger charge is -2.26. The van der Waals surface area contributed by atoms with Gasteiger partial charge in [-0.25, -0.2) is 4.39 Å². The van der Waals surface area contributed by atoms with Crippen molar-refractivity contribution in [1.29, 1.82) is 0 Å². The molecule has 6 heteroatoms. The second kappa shape index (κ2) is 7.91. The molecule has 4 nitrogen and oxygen atoms in total. The van der Waals surface area contributed by atoms with E-state index in [0.29, 0.717) is 22.4 Å². The number of amides is 2. The van der Waals surface area contributed by atoms with Crippen molar-refractivity contribution >= 4 is 29.3 Å². The number of aryl methyl sites for hydroxylation is 2. The van der Waals surface area contributed by atoms with Crippen LogP contribution in [0.2, 0.25) is 0 Å². The van der Waals surface area contributed by atoms with E-state index in [1.165, 1.54) is 18.2 Å². The maximum atomic E-state index is 13.4. The Hall–Kier alpha value is -2.34. The van der Waals surface area contributed by atoms with Gasteiger partial charge in [0.2, 0.25) is 0 Å². The van der Waals surface area contributed by atoms with Crippen LogP contribution in [-0.2, 0) is 0 Å². The van der Waals surface area contributed by atoms with E-state index in [-0.39, 0.29) is 17.6 Å². The molecular formula is C20H21FN2O2S. The molecule has 26 heavy (non-hydrogen) atoms. The van der Waals surface area contributed by atoms with Crippen LogP contribution >= 0.6 is 11.8 Å². The number of benzene rings is 2. The highest BCUT2D eigenvalue weighted by atomic mass is 32.2. The van der Waals surface area contributed by atoms with Crippen LogP contribution in [0.4, 0.5) is 10.1 Å². The van der Waals surface area contributed by atoms with E-state index in [2.05, 4.69) is 5.32 Å². The fourth-order valence-electron chi connectivity index (χ4n) is 2.87. The first kappa shape index (κ1) is 18.5. The maximum absolute atomic E-state index is 13.4. The predicted molar refractivity (Wildman–Crippen MR) is 103 cm³/mol. The van der Waals surface area contributed by atoms with Crippen molar-refractivity contribution in [2.45, 2.75) is 13.8 Å². The molecule has 0 unspecified atom stereocenters. The molecule has 1 fully saturated rings. The van der Waals surface area contributed by atoms with Crippen molar-refractivity contribution in [2.75, 3.05) is 29.9 Å². The van der Waals surface area contributed by atoms with E-state index in [4.69, 9.17) is 0 Å². The van der Waals surface area contributed by atoms with Gasteiger partial charge in [0.1, 0.15) is 5.82 Å². The van der Waals surface area contributed by atoms with E-state index < -0.39 is 0 Å². The number of anilines is 1.